The molecule has 0 fully saturated rings. The molecule has 2 rings (SSSR count). The van der Waals surface area contributed by atoms with Crippen molar-refractivity contribution in [3.63, 3.8) is 0 Å². The van der Waals surface area contributed by atoms with Crippen LogP contribution >= 0.6 is 50.5 Å². The van der Waals surface area contributed by atoms with E-state index in [1.807, 2.05) is 23.6 Å². The third-order valence-corrected chi connectivity index (χ3v) is 5.24. The first-order valence-electron chi connectivity index (χ1n) is 4.72. The van der Waals surface area contributed by atoms with Gasteiger partial charge in [-0.1, -0.05) is 39.7 Å². The van der Waals surface area contributed by atoms with Gasteiger partial charge in [-0.25, -0.2) is 0 Å². The molecule has 0 aliphatic rings. The summed E-state index contributed by atoms with van der Waals surface area (Å²) in [5.74, 6) is 0. The predicted molar refractivity (Wildman–Crippen MR) is 75.9 cm³/mol. The van der Waals surface area contributed by atoms with Crippen molar-refractivity contribution in [1.29, 1.82) is 0 Å². The zero-order valence-corrected chi connectivity index (χ0v) is 12.4. The first kappa shape index (κ1) is 12.4. The second-order valence-corrected chi connectivity index (χ2v) is 6.15. The van der Waals surface area contributed by atoms with Crippen LogP contribution < -0.4 is 0 Å². The zero-order valence-electron chi connectivity index (χ0n) is 8.51. The maximum absolute atomic E-state index is 6.41. The molecule has 1 unspecified atom stereocenters. The van der Waals surface area contributed by atoms with Gasteiger partial charge in [0.1, 0.15) is 0 Å². The number of alkyl halides is 1. The van der Waals surface area contributed by atoms with Gasteiger partial charge in [0.2, 0.25) is 0 Å². The zero-order chi connectivity index (χ0) is 11.7. The summed E-state index contributed by atoms with van der Waals surface area (Å²) >= 11 is 17.6. The van der Waals surface area contributed by atoms with E-state index in [9.17, 15) is 0 Å². The molecule has 4 heteroatoms. The van der Waals surface area contributed by atoms with Gasteiger partial charge < -0.3 is 0 Å². The van der Waals surface area contributed by atoms with E-state index >= 15 is 0 Å². The molecule has 1 atom stereocenters. The van der Waals surface area contributed by atoms with Crippen molar-refractivity contribution in [2.45, 2.75) is 12.3 Å². The van der Waals surface area contributed by atoms with Crippen LogP contribution in [0.3, 0.4) is 0 Å². The summed E-state index contributed by atoms with van der Waals surface area (Å²) in [5.41, 5.74) is 2.26. The predicted octanol–water partition coefficient (Wildman–Crippen LogP) is 5.80. The Balaban J connectivity index is 2.38. The van der Waals surface area contributed by atoms with Crippen molar-refractivity contribution in [2.75, 3.05) is 0 Å². The van der Waals surface area contributed by atoms with Gasteiger partial charge in [-0.15, -0.1) is 22.9 Å². The van der Waals surface area contributed by atoms with Crippen LogP contribution in [-0.2, 0) is 0 Å². The minimum atomic E-state index is -0.176. The average molecular weight is 336 g/mol. The van der Waals surface area contributed by atoms with Gasteiger partial charge in [0, 0.05) is 9.35 Å². The molecule has 84 valence electrons. The molecule has 1 aromatic heterocycles. The Morgan fingerprint density at radius 2 is 2.06 bits per heavy atom. The number of halogens is 3. The highest BCUT2D eigenvalue weighted by atomic mass is 79.9. The van der Waals surface area contributed by atoms with Crippen LogP contribution in [-0.4, -0.2) is 0 Å². The Hall–Kier alpha value is -0.0200. The fourth-order valence-corrected chi connectivity index (χ4v) is 3.43. The van der Waals surface area contributed by atoms with Crippen LogP contribution in [0.25, 0.3) is 0 Å². The molecule has 0 nitrogen and oxygen atoms in total. The summed E-state index contributed by atoms with van der Waals surface area (Å²) in [6, 6.07) is 8.01. The lowest BCUT2D eigenvalue weighted by Crippen LogP contribution is -1.91. The minimum Gasteiger partial charge on any atom is -0.145 e. The summed E-state index contributed by atoms with van der Waals surface area (Å²) in [7, 11) is 0. The van der Waals surface area contributed by atoms with Gasteiger partial charge in [-0.2, -0.15) is 0 Å². The molecule has 0 amide bonds. The molecule has 0 N–H and O–H groups in total. The molecule has 1 aromatic carbocycles. The Morgan fingerprint density at radius 1 is 1.31 bits per heavy atom. The fraction of sp³-hybridized carbons (Fsp3) is 0.167. The van der Waals surface area contributed by atoms with Crippen molar-refractivity contribution in [1.82, 2.24) is 0 Å². The van der Waals surface area contributed by atoms with E-state index in [-0.39, 0.29) is 5.38 Å². The Bertz CT molecular complexity index is 507. The van der Waals surface area contributed by atoms with Crippen molar-refractivity contribution in [3.8, 4) is 0 Å². The van der Waals surface area contributed by atoms with Gasteiger partial charge >= 0.3 is 0 Å². The second kappa shape index (κ2) is 5.09. The van der Waals surface area contributed by atoms with E-state index in [4.69, 9.17) is 23.2 Å². The number of aryl methyl sites for hydroxylation is 1. The summed E-state index contributed by atoms with van der Waals surface area (Å²) in [4.78, 5) is 0.999. The topological polar surface area (TPSA) is 0 Å². The largest absolute Gasteiger partial charge is 0.145 e. The third-order valence-electron chi connectivity index (χ3n) is 2.36. The van der Waals surface area contributed by atoms with E-state index < -0.39 is 0 Å². The number of thiophene rings is 1. The van der Waals surface area contributed by atoms with Gasteiger partial charge in [0.25, 0.3) is 0 Å². The summed E-state index contributed by atoms with van der Waals surface area (Å²) in [6.45, 7) is 2.05. The van der Waals surface area contributed by atoms with Crippen LogP contribution in [0.4, 0.5) is 0 Å². The van der Waals surface area contributed by atoms with E-state index in [1.165, 1.54) is 5.56 Å². The molecule has 1 heterocycles. The molecular weight excluding hydrogens is 327 g/mol. The summed E-state index contributed by atoms with van der Waals surface area (Å²) in [6.07, 6.45) is 0. The van der Waals surface area contributed by atoms with E-state index in [0.29, 0.717) is 0 Å². The lowest BCUT2D eigenvalue weighted by molar-refractivity contribution is 1.17. The SMILES string of the molecule is Cc1ccc(C(Cl)c2sccc2Cl)cc1Br. The summed E-state index contributed by atoms with van der Waals surface area (Å²) < 4.78 is 1.07. The molecular formula is C12H9BrCl2S. The number of hydrogen-bond donors (Lipinski definition) is 0. The van der Waals surface area contributed by atoms with Gasteiger partial charge in [0.05, 0.1) is 10.4 Å². The quantitative estimate of drug-likeness (QED) is 0.608. The normalized spacial score (nSPS) is 12.8. The first-order chi connectivity index (χ1) is 7.59. The number of benzene rings is 1. The monoisotopic (exact) mass is 334 g/mol. The third kappa shape index (κ3) is 2.45. The Labute approximate surface area is 117 Å². The highest BCUT2D eigenvalue weighted by Crippen LogP contribution is 2.38. The lowest BCUT2D eigenvalue weighted by Gasteiger charge is -2.10. The smallest absolute Gasteiger partial charge is 0.0943 e. The van der Waals surface area contributed by atoms with E-state index in [1.54, 1.807) is 11.3 Å². The molecule has 0 aliphatic heterocycles. The molecule has 0 saturated heterocycles. The Kier molecular flexibility index (Phi) is 3.96. The van der Waals surface area contributed by atoms with E-state index in [0.717, 1.165) is 19.9 Å². The highest BCUT2D eigenvalue weighted by molar-refractivity contribution is 9.10. The first-order valence-corrected chi connectivity index (χ1v) is 7.21. The van der Waals surface area contributed by atoms with E-state index in [2.05, 4.69) is 28.9 Å². The molecule has 0 bridgehead atoms. The maximum atomic E-state index is 6.41. The van der Waals surface area contributed by atoms with Crippen LogP contribution in [0.15, 0.2) is 34.1 Å². The summed E-state index contributed by atoms with van der Waals surface area (Å²) in [5, 5.41) is 2.52. The standard InChI is InChI=1S/C12H9BrCl2S/c1-7-2-3-8(6-9(7)13)11(15)12-10(14)4-5-16-12/h2-6,11H,1H3. The lowest BCUT2D eigenvalue weighted by atomic mass is 10.1. The van der Waals surface area contributed by atoms with Gasteiger partial charge in [-0.3, -0.25) is 0 Å². The van der Waals surface area contributed by atoms with Crippen LogP contribution in [0.5, 0.6) is 0 Å². The molecule has 0 spiro atoms. The van der Waals surface area contributed by atoms with Crippen LogP contribution in [0, 0.1) is 6.92 Å². The fourth-order valence-electron chi connectivity index (χ4n) is 1.40. The molecule has 2 aromatic rings. The van der Waals surface area contributed by atoms with Crippen LogP contribution in [0.1, 0.15) is 21.4 Å². The highest BCUT2D eigenvalue weighted by Gasteiger charge is 2.16. The number of hydrogen-bond acceptors (Lipinski definition) is 1. The second-order valence-electron chi connectivity index (χ2n) is 3.50. The van der Waals surface area contributed by atoms with Crippen molar-refractivity contribution >= 4 is 50.5 Å². The molecule has 16 heavy (non-hydrogen) atoms. The molecule has 0 aliphatic carbocycles. The maximum Gasteiger partial charge on any atom is 0.0943 e. The van der Waals surface area contributed by atoms with Crippen molar-refractivity contribution in [2.24, 2.45) is 0 Å². The molecule has 0 radical (unpaired) electrons. The van der Waals surface area contributed by atoms with Crippen molar-refractivity contribution < 1.29 is 0 Å². The Morgan fingerprint density at radius 3 is 2.62 bits per heavy atom. The minimum absolute atomic E-state index is 0.176. The van der Waals surface area contributed by atoms with Gasteiger partial charge in [0.15, 0.2) is 0 Å². The van der Waals surface area contributed by atoms with Crippen molar-refractivity contribution in [3.05, 3.63) is 55.1 Å². The average Bonchev–Trinajstić information content (AvgIpc) is 2.67. The molecule has 0 saturated carbocycles. The van der Waals surface area contributed by atoms with Crippen LogP contribution in [0.2, 0.25) is 5.02 Å². The number of rotatable bonds is 2. The van der Waals surface area contributed by atoms with Gasteiger partial charge in [-0.05, 0) is 35.6 Å².